The molecule has 0 heterocycles. The average Bonchev–Trinajstić information content (AvgIpc) is 1.97. The van der Waals surface area contributed by atoms with Gasteiger partial charge < -0.3 is 10.1 Å². The van der Waals surface area contributed by atoms with Gasteiger partial charge in [-0.3, -0.25) is 0 Å². The van der Waals surface area contributed by atoms with Crippen molar-refractivity contribution in [2.45, 2.75) is 12.8 Å². The largest absolute Gasteiger partial charge is 0.383 e. The van der Waals surface area contributed by atoms with Crippen LogP contribution in [0.25, 0.3) is 0 Å². The van der Waals surface area contributed by atoms with Gasteiger partial charge in [-0.15, -0.1) is 0 Å². The van der Waals surface area contributed by atoms with Crippen molar-refractivity contribution in [3.05, 3.63) is 0 Å². The smallest absolute Gasteiger partial charge is 0.0587 e. The summed E-state index contributed by atoms with van der Waals surface area (Å²) in [5.74, 6) is 0. The maximum atomic E-state index is 4.88. The first-order valence-corrected chi connectivity index (χ1v) is 5.20. The van der Waals surface area contributed by atoms with E-state index in [1.807, 2.05) is 0 Å². The van der Waals surface area contributed by atoms with Crippen molar-refractivity contribution in [2.75, 3.05) is 31.2 Å². The van der Waals surface area contributed by atoms with Crippen molar-refractivity contribution in [2.24, 2.45) is 0 Å². The van der Waals surface area contributed by atoms with Crippen LogP contribution in [0.2, 0.25) is 0 Å². The van der Waals surface area contributed by atoms with Gasteiger partial charge in [0, 0.05) is 13.7 Å². The molecule has 0 aromatic rings. The highest BCUT2D eigenvalue weighted by Crippen LogP contribution is 1.91. The molecule has 0 fully saturated rings. The van der Waals surface area contributed by atoms with Gasteiger partial charge in [0.05, 0.1) is 6.61 Å². The molecular weight excluding hydrogens is 241 g/mol. The molecule has 0 bridgehead atoms. The van der Waals surface area contributed by atoms with Gasteiger partial charge >= 0.3 is 0 Å². The number of hydrogen-bond donors (Lipinski definition) is 1. The Morgan fingerprint density at radius 1 is 1.30 bits per heavy atom. The predicted molar refractivity (Wildman–Crippen MR) is 52.9 cm³/mol. The lowest BCUT2D eigenvalue weighted by Crippen LogP contribution is -2.20. The van der Waals surface area contributed by atoms with E-state index < -0.39 is 0 Å². The summed E-state index contributed by atoms with van der Waals surface area (Å²) in [7, 11) is 1.73. The summed E-state index contributed by atoms with van der Waals surface area (Å²) in [6.45, 7) is 2.94. The third kappa shape index (κ3) is 8.65. The fourth-order valence-corrected chi connectivity index (χ4v) is 1.18. The monoisotopic (exact) mass is 257 g/mol. The number of rotatable bonds is 7. The highest BCUT2D eigenvalue weighted by molar-refractivity contribution is 14.1. The van der Waals surface area contributed by atoms with Crippen molar-refractivity contribution in [3.63, 3.8) is 0 Å². The summed E-state index contributed by atoms with van der Waals surface area (Å²) in [4.78, 5) is 0. The van der Waals surface area contributed by atoms with E-state index in [0.717, 1.165) is 19.7 Å². The number of nitrogens with one attached hydrogen (secondary N) is 1. The lowest BCUT2D eigenvalue weighted by atomic mass is 10.3. The third-order valence-electron chi connectivity index (χ3n) is 1.22. The van der Waals surface area contributed by atoms with Crippen LogP contribution in [0.4, 0.5) is 0 Å². The molecule has 62 valence electrons. The Kier molecular flexibility index (Phi) is 10.3. The highest BCUT2D eigenvalue weighted by Gasteiger charge is 1.85. The second-order valence-corrected chi connectivity index (χ2v) is 3.22. The van der Waals surface area contributed by atoms with Crippen LogP contribution < -0.4 is 5.32 Å². The van der Waals surface area contributed by atoms with E-state index in [-0.39, 0.29) is 0 Å². The van der Waals surface area contributed by atoms with Crippen LogP contribution >= 0.6 is 22.6 Å². The van der Waals surface area contributed by atoms with E-state index in [4.69, 9.17) is 4.74 Å². The summed E-state index contributed by atoms with van der Waals surface area (Å²) >= 11 is 2.40. The van der Waals surface area contributed by atoms with Crippen LogP contribution in [0, 0.1) is 0 Å². The zero-order valence-electron chi connectivity index (χ0n) is 6.53. The number of methoxy groups -OCH3 is 1. The predicted octanol–water partition coefficient (Wildman–Crippen LogP) is 1.44. The Morgan fingerprint density at radius 3 is 2.70 bits per heavy atom. The maximum Gasteiger partial charge on any atom is 0.0587 e. The first-order chi connectivity index (χ1) is 4.91. The summed E-state index contributed by atoms with van der Waals surface area (Å²) in [5.41, 5.74) is 0. The molecule has 0 aliphatic rings. The first kappa shape index (κ1) is 10.7. The summed E-state index contributed by atoms with van der Waals surface area (Å²) < 4.78 is 6.15. The minimum Gasteiger partial charge on any atom is -0.383 e. The van der Waals surface area contributed by atoms with Gasteiger partial charge in [0.2, 0.25) is 0 Å². The number of alkyl halides is 1. The lowest BCUT2D eigenvalue weighted by Gasteiger charge is -2.01. The molecule has 3 heteroatoms. The second-order valence-electron chi connectivity index (χ2n) is 2.14. The quantitative estimate of drug-likeness (QED) is 0.423. The zero-order chi connectivity index (χ0) is 7.66. The van der Waals surface area contributed by atoms with E-state index in [0.29, 0.717) is 0 Å². The van der Waals surface area contributed by atoms with Crippen LogP contribution in [0.15, 0.2) is 0 Å². The molecule has 0 saturated carbocycles. The summed E-state index contributed by atoms with van der Waals surface area (Å²) in [5, 5.41) is 3.29. The molecule has 0 unspecified atom stereocenters. The van der Waals surface area contributed by atoms with Gasteiger partial charge in [0.15, 0.2) is 0 Å². The number of hydrogen-bond acceptors (Lipinski definition) is 2. The van der Waals surface area contributed by atoms with E-state index in [1.54, 1.807) is 7.11 Å². The molecule has 2 nitrogen and oxygen atoms in total. The Bertz CT molecular complexity index is 53.6. The molecule has 0 radical (unpaired) electrons. The third-order valence-corrected chi connectivity index (χ3v) is 1.98. The highest BCUT2D eigenvalue weighted by atomic mass is 127. The topological polar surface area (TPSA) is 21.3 Å². The van der Waals surface area contributed by atoms with E-state index in [2.05, 4.69) is 27.9 Å². The minimum absolute atomic E-state index is 0.824. The van der Waals surface area contributed by atoms with Gasteiger partial charge in [-0.25, -0.2) is 0 Å². The molecule has 0 atom stereocenters. The Balaban J connectivity index is 2.65. The lowest BCUT2D eigenvalue weighted by molar-refractivity contribution is 0.199. The van der Waals surface area contributed by atoms with Crippen LogP contribution in [0.1, 0.15) is 12.8 Å². The molecule has 0 spiro atoms. The van der Waals surface area contributed by atoms with E-state index in [1.165, 1.54) is 17.3 Å². The van der Waals surface area contributed by atoms with Crippen molar-refractivity contribution in [3.8, 4) is 0 Å². The van der Waals surface area contributed by atoms with Gasteiger partial charge in [-0.05, 0) is 23.8 Å². The number of ether oxygens (including phenoxy) is 1. The fraction of sp³-hybridized carbons (Fsp3) is 1.00. The van der Waals surface area contributed by atoms with Crippen LogP contribution in [-0.2, 0) is 4.74 Å². The van der Waals surface area contributed by atoms with Crippen LogP contribution in [0.3, 0.4) is 0 Å². The Labute approximate surface area is 76.9 Å². The number of unbranched alkanes of at least 4 members (excludes halogenated alkanes) is 1. The van der Waals surface area contributed by atoms with Crippen LogP contribution in [-0.4, -0.2) is 31.2 Å². The van der Waals surface area contributed by atoms with Gasteiger partial charge in [-0.2, -0.15) is 0 Å². The van der Waals surface area contributed by atoms with Crippen molar-refractivity contribution in [1.29, 1.82) is 0 Å². The van der Waals surface area contributed by atoms with Gasteiger partial charge in [0.1, 0.15) is 0 Å². The van der Waals surface area contributed by atoms with Crippen molar-refractivity contribution < 1.29 is 4.74 Å². The maximum absolute atomic E-state index is 4.88. The molecular formula is C7H16INO. The Hall–Kier alpha value is 0.650. The second kappa shape index (κ2) is 9.65. The molecule has 0 aliphatic carbocycles. The fourth-order valence-electron chi connectivity index (χ4n) is 0.644. The molecule has 1 N–H and O–H groups in total. The summed E-state index contributed by atoms with van der Waals surface area (Å²) in [6, 6.07) is 0. The SMILES string of the molecule is COCCNCCCCI. The van der Waals surface area contributed by atoms with Crippen molar-refractivity contribution in [1.82, 2.24) is 5.32 Å². The molecule has 10 heavy (non-hydrogen) atoms. The molecule has 0 aromatic heterocycles. The number of halogens is 1. The van der Waals surface area contributed by atoms with Crippen molar-refractivity contribution >= 4 is 22.6 Å². The average molecular weight is 257 g/mol. The zero-order valence-corrected chi connectivity index (χ0v) is 8.69. The Morgan fingerprint density at radius 2 is 2.10 bits per heavy atom. The van der Waals surface area contributed by atoms with Gasteiger partial charge in [-0.1, -0.05) is 22.6 Å². The molecule has 0 saturated heterocycles. The minimum atomic E-state index is 0.824. The molecule has 0 aliphatic heterocycles. The molecule has 0 aromatic carbocycles. The van der Waals surface area contributed by atoms with Crippen LogP contribution in [0.5, 0.6) is 0 Å². The molecule has 0 rings (SSSR count). The summed E-state index contributed by atoms with van der Waals surface area (Å²) in [6.07, 6.45) is 2.60. The standard InChI is InChI=1S/C7H16INO/c1-10-7-6-9-5-3-2-4-8/h9H,2-7H2,1H3. The van der Waals surface area contributed by atoms with Gasteiger partial charge in [0.25, 0.3) is 0 Å². The first-order valence-electron chi connectivity index (χ1n) is 3.67. The molecule has 0 amide bonds. The normalized spacial score (nSPS) is 10.2. The van der Waals surface area contributed by atoms with E-state index >= 15 is 0 Å². The van der Waals surface area contributed by atoms with E-state index in [9.17, 15) is 0 Å².